The third kappa shape index (κ3) is 4.57. The molecule has 0 amide bonds. The lowest BCUT2D eigenvalue weighted by molar-refractivity contribution is 0.0939. The number of benzene rings is 1. The van der Waals surface area contributed by atoms with Crippen molar-refractivity contribution in [2.75, 3.05) is 27.2 Å². The first-order chi connectivity index (χ1) is 8.00. The van der Waals surface area contributed by atoms with Crippen molar-refractivity contribution < 1.29 is 9.53 Å². The number of hydrogen-bond donors (Lipinski definition) is 0. The minimum atomic E-state index is 0.0375. The molecule has 0 atom stereocenters. The van der Waals surface area contributed by atoms with E-state index in [0.29, 0.717) is 6.61 Å². The summed E-state index contributed by atoms with van der Waals surface area (Å²) < 4.78 is 5.56. The molecule has 0 N–H and O–H groups in total. The second-order valence-corrected chi connectivity index (χ2v) is 4.70. The molecule has 1 aromatic carbocycles. The first-order valence-electron chi connectivity index (χ1n) is 5.92. The van der Waals surface area contributed by atoms with Crippen molar-refractivity contribution in [3.8, 4) is 5.75 Å². The zero-order chi connectivity index (χ0) is 12.8. The van der Waals surface area contributed by atoms with Crippen LogP contribution in [-0.4, -0.2) is 37.9 Å². The minimum Gasteiger partial charge on any atom is -0.492 e. The van der Waals surface area contributed by atoms with Crippen LogP contribution in [0.1, 0.15) is 24.2 Å². The van der Waals surface area contributed by atoms with Crippen molar-refractivity contribution in [1.29, 1.82) is 0 Å². The highest BCUT2D eigenvalue weighted by Crippen LogP contribution is 2.14. The molecule has 0 heterocycles. The van der Waals surface area contributed by atoms with Crippen molar-refractivity contribution in [1.82, 2.24) is 4.90 Å². The van der Waals surface area contributed by atoms with Gasteiger partial charge in [0.2, 0.25) is 0 Å². The van der Waals surface area contributed by atoms with Crippen LogP contribution in [0, 0.1) is 5.92 Å². The number of hydrogen-bond acceptors (Lipinski definition) is 3. The number of ketones is 1. The van der Waals surface area contributed by atoms with E-state index in [-0.39, 0.29) is 11.7 Å². The molecule has 0 aromatic heterocycles. The Hall–Kier alpha value is -1.35. The molecule has 0 aliphatic heterocycles. The largest absolute Gasteiger partial charge is 0.492 e. The Balaban J connectivity index is 2.53. The van der Waals surface area contributed by atoms with Gasteiger partial charge in [0.15, 0.2) is 5.78 Å². The molecule has 0 aliphatic rings. The number of likely N-dealkylation sites (N-methyl/N-ethyl adjacent to an activating group) is 1. The van der Waals surface area contributed by atoms with E-state index >= 15 is 0 Å². The highest BCUT2D eigenvalue weighted by atomic mass is 16.5. The lowest BCUT2D eigenvalue weighted by Gasteiger charge is -2.11. The summed E-state index contributed by atoms with van der Waals surface area (Å²) in [5.74, 6) is 1.02. The van der Waals surface area contributed by atoms with Gasteiger partial charge in [-0.25, -0.2) is 0 Å². The van der Waals surface area contributed by atoms with Crippen molar-refractivity contribution in [2.24, 2.45) is 5.92 Å². The van der Waals surface area contributed by atoms with Crippen LogP contribution in [0.4, 0.5) is 0 Å². The Morgan fingerprint density at radius 3 is 2.29 bits per heavy atom. The van der Waals surface area contributed by atoms with Gasteiger partial charge in [0.05, 0.1) is 0 Å². The van der Waals surface area contributed by atoms with Crippen LogP contribution in [0.15, 0.2) is 24.3 Å². The number of nitrogens with zero attached hydrogens (tertiary/aromatic N) is 1. The molecular weight excluding hydrogens is 214 g/mol. The predicted octanol–water partition coefficient (Wildman–Crippen LogP) is 2.47. The molecule has 0 bridgehead atoms. The van der Waals surface area contributed by atoms with Gasteiger partial charge in [0.1, 0.15) is 12.4 Å². The standard InChI is InChI=1S/C14H21NO2/c1-11(2)14(16)12-5-7-13(8-6-12)17-10-9-15(3)4/h5-8,11H,9-10H2,1-4H3. The van der Waals surface area contributed by atoms with Gasteiger partial charge in [-0.1, -0.05) is 13.8 Å². The number of carbonyl (C=O) groups excluding carboxylic acids is 1. The fourth-order valence-electron chi connectivity index (χ4n) is 1.39. The zero-order valence-corrected chi connectivity index (χ0v) is 11.1. The van der Waals surface area contributed by atoms with Gasteiger partial charge in [0, 0.05) is 18.0 Å². The molecule has 0 radical (unpaired) electrons. The average molecular weight is 235 g/mol. The third-order valence-corrected chi connectivity index (χ3v) is 2.47. The first-order valence-corrected chi connectivity index (χ1v) is 5.92. The third-order valence-electron chi connectivity index (χ3n) is 2.47. The molecular formula is C14H21NO2. The van der Waals surface area contributed by atoms with Crippen molar-refractivity contribution >= 4 is 5.78 Å². The normalized spacial score (nSPS) is 10.9. The van der Waals surface area contributed by atoms with Crippen molar-refractivity contribution in [2.45, 2.75) is 13.8 Å². The van der Waals surface area contributed by atoms with Gasteiger partial charge in [0.25, 0.3) is 0 Å². The van der Waals surface area contributed by atoms with Crippen LogP contribution >= 0.6 is 0 Å². The van der Waals surface area contributed by atoms with E-state index in [1.807, 2.05) is 52.2 Å². The number of ether oxygens (including phenoxy) is 1. The van der Waals surface area contributed by atoms with Crippen LogP contribution in [0.3, 0.4) is 0 Å². The highest BCUT2D eigenvalue weighted by molar-refractivity contribution is 5.97. The maximum atomic E-state index is 11.7. The fourth-order valence-corrected chi connectivity index (χ4v) is 1.39. The highest BCUT2D eigenvalue weighted by Gasteiger charge is 2.09. The SMILES string of the molecule is CC(C)C(=O)c1ccc(OCCN(C)C)cc1. The maximum absolute atomic E-state index is 11.7. The molecule has 1 rings (SSSR count). The fraction of sp³-hybridized carbons (Fsp3) is 0.500. The van der Waals surface area contributed by atoms with Gasteiger partial charge in [-0.3, -0.25) is 4.79 Å². The second-order valence-electron chi connectivity index (χ2n) is 4.70. The summed E-state index contributed by atoms with van der Waals surface area (Å²) in [6.45, 7) is 5.35. The second kappa shape index (κ2) is 6.40. The maximum Gasteiger partial charge on any atom is 0.165 e. The first kappa shape index (κ1) is 13.7. The number of carbonyl (C=O) groups is 1. The Morgan fingerprint density at radius 2 is 1.82 bits per heavy atom. The molecule has 17 heavy (non-hydrogen) atoms. The minimum absolute atomic E-state index is 0.0375. The van der Waals surface area contributed by atoms with Crippen LogP contribution in [0.2, 0.25) is 0 Å². The average Bonchev–Trinajstić information content (AvgIpc) is 2.28. The summed E-state index contributed by atoms with van der Waals surface area (Å²) >= 11 is 0. The molecule has 0 saturated heterocycles. The Kier molecular flexibility index (Phi) is 5.16. The zero-order valence-electron chi connectivity index (χ0n) is 11.1. The summed E-state index contributed by atoms with van der Waals surface area (Å²) in [6, 6.07) is 7.36. The smallest absolute Gasteiger partial charge is 0.165 e. The monoisotopic (exact) mass is 235 g/mol. The Morgan fingerprint density at radius 1 is 1.24 bits per heavy atom. The molecule has 3 heteroatoms. The Bertz CT molecular complexity index is 355. The van der Waals surface area contributed by atoms with E-state index in [0.717, 1.165) is 17.9 Å². The number of Topliss-reactive ketones (excluding diaryl/α,β-unsaturated/α-hetero) is 1. The summed E-state index contributed by atoms with van der Waals surface area (Å²) in [4.78, 5) is 13.8. The molecule has 0 unspecified atom stereocenters. The van der Waals surface area contributed by atoms with E-state index in [2.05, 4.69) is 4.90 Å². The van der Waals surface area contributed by atoms with Crippen molar-refractivity contribution in [3.05, 3.63) is 29.8 Å². The van der Waals surface area contributed by atoms with Crippen LogP contribution in [0.5, 0.6) is 5.75 Å². The lowest BCUT2D eigenvalue weighted by Crippen LogP contribution is -2.19. The van der Waals surface area contributed by atoms with Crippen molar-refractivity contribution in [3.63, 3.8) is 0 Å². The van der Waals surface area contributed by atoms with E-state index in [1.54, 1.807) is 0 Å². The molecule has 94 valence electrons. The predicted molar refractivity (Wildman–Crippen MR) is 69.7 cm³/mol. The Labute approximate surface area is 103 Å². The van der Waals surface area contributed by atoms with Gasteiger partial charge in [-0.2, -0.15) is 0 Å². The van der Waals surface area contributed by atoms with E-state index in [1.165, 1.54) is 0 Å². The lowest BCUT2D eigenvalue weighted by atomic mass is 10.0. The topological polar surface area (TPSA) is 29.5 Å². The van der Waals surface area contributed by atoms with Gasteiger partial charge in [-0.05, 0) is 38.4 Å². The van der Waals surface area contributed by atoms with E-state index in [4.69, 9.17) is 4.74 Å². The molecule has 3 nitrogen and oxygen atoms in total. The van der Waals surface area contributed by atoms with Crippen LogP contribution < -0.4 is 4.74 Å². The van der Waals surface area contributed by atoms with Gasteiger partial charge < -0.3 is 9.64 Å². The summed E-state index contributed by atoms with van der Waals surface area (Å²) in [6.07, 6.45) is 0. The molecule has 0 spiro atoms. The molecule has 1 aromatic rings. The quantitative estimate of drug-likeness (QED) is 0.709. The summed E-state index contributed by atoms with van der Waals surface area (Å²) in [5, 5.41) is 0. The molecule has 0 fully saturated rings. The van der Waals surface area contributed by atoms with Crippen LogP contribution in [0.25, 0.3) is 0 Å². The van der Waals surface area contributed by atoms with Crippen LogP contribution in [-0.2, 0) is 0 Å². The van der Waals surface area contributed by atoms with Gasteiger partial charge >= 0.3 is 0 Å². The molecule has 0 saturated carbocycles. The van der Waals surface area contributed by atoms with E-state index in [9.17, 15) is 4.79 Å². The number of rotatable bonds is 6. The van der Waals surface area contributed by atoms with Gasteiger partial charge in [-0.15, -0.1) is 0 Å². The molecule has 0 aliphatic carbocycles. The summed E-state index contributed by atoms with van der Waals surface area (Å²) in [5.41, 5.74) is 0.750. The summed E-state index contributed by atoms with van der Waals surface area (Å²) in [7, 11) is 4.02. The van der Waals surface area contributed by atoms with E-state index < -0.39 is 0 Å².